The van der Waals surface area contributed by atoms with E-state index in [1.165, 1.54) is 24.6 Å². The molecule has 23 heavy (non-hydrogen) atoms. The SMILES string of the molecule is O=C(CSc1nncn1C1CC1)NCCOc1ccc(Cl)cc1. The Kier molecular flexibility index (Phi) is 5.40. The maximum atomic E-state index is 11.8. The summed E-state index contributed by atoms with van der Waals surface area (Å²) in [6, 6.07) is 7.64. The number of benzene rings is 1. The monoisotopic (exact) mass is 352 g/mol. The van der Waals surface area contributed by atoms with Crippen LogP contribution >= 0.6 is 23.4 Å². The van der Waals surface area contributed by atoms with Gasteiger partial charge in [-0.25, -0.2) is 0 Å². The van der Waals surface area contributed by atoms with E-state index >= 15 is 0 Å². The molecular formula is C15H17ClN4O2S. The summed E-state index contributed by atoms with van der Waals surface area (Å²) in [7, 11) is 0. The van der Waals surface area contributed by atoms with E-state index in [0.29, 0.717) is 30.0 Å². The van der Waals surface area contributed by atoms with Crippen molar-refractivity contribution in [3.63, 3.8) is 0 Å². The molecule has 0 bridgehead atoms. The first kappa shape index (κ1) is 16.1. The average Bonchev–Trinajstić information content (AvgIpc) is 3.29. The first-order valence-electron chi connectivity index (χ1n) is 7.40. The van der Waals surface area contributed by atoms with E-state index in [9.17, 15) is 4.79 Å². The van der Waals surface area contributed by atoms with Crippen LogP contribution in [0.2, 0.25) is 5.02 Å². The molecule has 1 aromatic heterocycles. The van der Waals surface area contributed by atoms with Gasteiger partial charge in [0.15, 0.2) is 5.16 Å². The van der Waals surface area contributed by atoms with Crippen molar-refractivity contribution in [1.29, 1.82) is 0 Å². The normalized spacial score (nSPS) is 13.8. The number of ether oxygens (including phenoxy) is 1. The second kappa shape index (κ2) is 7.70. The van der Waals surface area contributed by atoms with Crippen molar-refractivity contribution >= 4 is 29.3 Å². The summed E-state index contributed by atoms with van der Waals surface area (Å²) in [6.45, 7) is 0.869. The van der Waals surface area contributed by atoms with E-state index in [2.05, 4.69) is 15.5 Å². The highest BCUT2D eigenvalue weighted by Gasteiger charge is 2.26. The van der Waals surface area contributed by atoms with Crippen LogP contribution in [-0.4, -0.2) is 39.6 Å². The van der Waals surface area contributed by atoms with Gasteiger partial charge in [0.1, 0.15) is 18.7 Å². The number of hydrogen-bond acceptors (Lipinski definition) is 5. The Labute approximate surface area is 143 Å². The predicted octanol–water partition coefficient (Wildman–Crippen LogP) is 2.55. The van der Waals surface area contributed by atoms with Crippen molar-refractivity contribution in [3.8, 4) is 5.75 Å². The molecule has 1 aliphatic rings. The van der Waals surface area contributed by atoms with Gasteiger partial charge in [0.2, 0.25) is 5.91 Å². The Bertz CT molecular complexity index is 658. The average molecular weight is 353 g/mol. The van der Waals surface area contributed by atoms with Gasteiger partial charge in [-0.15, -0.1) is 10.2 Å². The number of carbonyl (C=O) groups is 1. The van der Waals surface area contributed by atoms with Crippen LogP contribution in [-0.2, 0) is 4.79 Å². The zero-order valence-corrected chi connectivity index (χ0v) is 14.0. The molecule has 0 atom stereocenters. The van der Waals surface area contributed by atoms with Gasteiger partial charge in [-0.3, -0.25) is 4.79 Å². The third kappa shape index (κ3) is 4.87. The number of amides is 1. The molecule has 0 saturated heterocycles. The van der Waals surface area contributed by atoms with Gasteiger partial charge >= 0.3 is 0 Å². The second-order valence-corrected chi connectivity index (χ2v) is 6.57. The van der Waals surface area contributed by atoms with Crippen molar-refractivity contribution in [2.45, 2.75) is 24.0 Å². The molecular weight excluding hydrogens is 336 g/mol. The van der Waals surface area contributed by atoms with E-state index in [1.54, 1.807) is 30.6 Å². The molecule has 0 radical (unpaired) electrons. The van der Waals surface area contributed by atoms with Gasteiger partial charge in [-0.1, -0.05) is 23.4 Å². The summed E-state index contributed by atoms with van der Waals surface area (Å²) < 4.78 is 7.56. The van der Waals surface area contributed by atoms with Crippen molar-refractivity contribution < 1.29 is 9.53 Å². The van der Waals surface area contributed by atoms with Crippen molar-refractivity contribution in [1.82, 2.24) is 20.1 Å². The molecule has 1 heterocycles. The molecule has 0 unspecified atom stereocenters. The van der Waals surface area contributed by atoms with Gasteiger partial charge in [-0.2, -0.15) is 0 Å². The highest BCUT2D eigenvalue weighted by molar-refractivity contribution is 7.99. The van der Waals surface area contributed by atoms with Crippen LogP contribution in [0, 0.1) is 0 Å². The van der Waals surface area contributed by atoms with E-state index in [1.807, 2.05) is 4.57 Å². The topological polar surface area (TPSA) is 69.0 Å². The Morgan fingerprint density at radius 3 is 2.91 bits per heavy atom. The maximum Gasteiger partial charge on any atom is 0.230 e. The Morgan fingerprint density at radius 1 is 1.39 bits per heavy atom. The number of nitrogens with zero attached hydrogens (tertiary/aromatic N) is 3. The molecule has 1 amide bonds. The zero-order chi connectivity index (χ0) is 16.1. The lowest BCUT2D eigenvalue weighted by Gasteiger charge is -2.08. The molecule has 0 spiro atoms. The minimum Gasteiger partial charge on any atom is -0.492 e. The lowest BCUT2D eigenvalue weighted by Crippen LogP contribution is -2.29. The molecule has 1 fully saturated rings. The van der Waals surface area contributed by atoms with Gasteiger partial charge in [-0.05, 0) is 37.1 Å². The molecule has 2 aromatic rings. The van der Waals surface area contributed by atoms with E-state index in [4.69, 9.17) is 16.3 Å². The lowest BCUT2D eigenvalue weighted by molar-refractivity contribution is -0.118. The third-order valence-corrected chi connectivity index (χ3v) is 4.53. The number of aromatic nitrogens is 3. The van der Waals surface area contributed by atoms with Crippen LogP contribution in [0.5, 0.6) is 5.75 Å². The smallest absolute Gasteiger partial charge is 0.230 e. The van der Waals surface area contributed by atoms with Gasteiger partial charge in [0, 0.05) is 11.1 Å². The summed E-state index contributed by atoms with van der Waals surface area (Å²) in [5.41, 5.74) is 0. The van der Waals surface area contributed by atoms with E-state index in [-0.39, 0.29) is 5.91 Å². The summed E-state index contributed by atoms with van der Waals surface area (Å²) in [6.07, 6.45) is 4.07. The minimum absolute atomic E-state index is 0.0416. The molecule has 1 saturated carbocycles. The number of rotatable bonds is 8. The van der Waals surface area contributed by atoms with Crippen LogP contribution in [0.3, 0.4) is 0 Å². The number of halogens is 1. The Morgan fingerprint density at radius 2 is 2.17 bits per heavy atom. The summed E-state index contributed by atoms with van der Waals surface area (Å²) in [5.74, 6) is 1.02. The highest BCUT2D eigenvalue weighted by Crippen LogP contribution is 2.37. The summed E-state index contributed by atoms with van der Waals surface area (Å²) in [4.78, 5) is 11.8. The number of hydrogen-bond donors (Lipinski definition) is 1. The fourth-order valence-electron chi connectivity index (χ4n) is 2.01. The van der Waals surface area contributed by atoms with Crippen LogP contribution in [0.4, 0.5) is 0 Å². The summed E-state index contributed by atoms with van der Waals surface area (Å²) in [5, 5.41) is 12.3. The second-order valence-electron chi connectivity index (χ2n) is 5.19. The van der Waals surface area contributed by atoms with Gasteiger partial charge < -0.3 is 14.6 Å². The zero-order valence-electron chi connectivity index (χ0n) is 12.4. The van der Waals surface area contributed by atoms with E-state index in [0.717, 1.165) is 10.9 Å². The third-order valence-electron chi connectivity index (χ3n) is 3.32. The van der Waals surface area contributed by atoms with E-state index < -0.39 is 0 Å². The first-order valence-corrected chi connectivity index (χ1v) is 8.76. The van der Waals surface area contributed by atoms with Crippen LogP contribution in [0.15, 0.2) is 35.7 Å². The molecule has 1 N–H and O–H groups in total. The van der Waals surface area contributed by atoms with Crippen LogP contribution in [0.1, 0.15) is 18.9 Å². The van der Waals surface area contributed by atoms with Gasteiger partial charge in [0.05, 0.1) is 12.3 Å². The lowest BCUT2D eigenvalue weighted by atomic mass is 10.3. The first-order chi connectivity index (χ1) is 11.2. The van der Waals surface area contributed by atoms with Crippen LogP contribution < -0.4 is 10.1 Å². The fourth-order valence-corrected chi connectivity index (χ4v) is 2.95. The highest BCUT2D eigenvalue weighted by atomic mass is 35.5. The van der Waals surface area contributed by atoms with Crippen molar-refractivity contribution in [2.75, 3.05) is 18.9 Å². The number of nitrogens with one attached hydrogen (secondary N) is 1. The minimum atomic E-state index is -0.0416. The number of carbonyl (C=O) groups excluding carboxylic acids is 1. The molecule has 8 heteroatoms. The maximum absolute atomic E-state index is 11.8. The number of thioether (sulfide) groups is 1. The molecule has 1 aromatic carbocycles. The van der Waals surface area contributed by atoms with Crippen LogP contribution in [0.25, 0.3) is 0 Å². The molecule has 1 aliphatic carbocycles. The van der Waals surface area contributed by atoms with Gasteiger partial charge in [0.25, 0.3) is 0 Å². The predicted molar refractivity (Wildman–Crippen MR) is 89.0 cm³/mol. The molecule has 0 aliphatic heterocycles. The fraction of sp³-hybridized carbons (Fsp3) is 0.400. The Hall–Kier alpha value is -1.73. The largest absolute Gasteiger partial charge is 0.492 e. The summed E-state index contributed by atoms with van der Waals surface area (Å²) >= 11 is 7.21. The van der Waals surface area contributed by atoms with Crippen molar-refractivity contribution in [3.05, 3.63) is 35.6 Å². The molecule has 122 valence electrons. The molecule has 6 nitrogen and oxygen atoms in total. The van der Waals surface area contributed by atoms with Crippen molar-refractivity contribution in [2.24, 2.45) is 0 Å². The standard InChI is InChI=1S/C15H17ClN4O2S/c16-11-1-5-13(6-2-11)22-8-7-17-14(21)9-23-15-19-18-10-20(15)12-3-4-12/h1-2,5-6,10,12H,3-4,7-9H2,(H,17,21). The quantitative estimate of drug-likeness (QED) is 0.584. The Balaban J connectivity index is 1.33. The molecule has 3 rings (SSSR count).